The highest BCUT2D eigenvalue weighted by Crippen LogP contribution is 2.01. The van der Waals surface area contributed by atoms with E-state index in [4.69, 9.17) is 0 Å². The lowest BCUT2D eigenvalue weighted by atomic mass is 10.2. The van der Waals surface area contributed by atoms with Gasteiger partial charge >= 0.3 is 0 Å². The second kappa shape index (κ2) is 3.99. The van der Waals surface area contributed by atoms with Crippen LogP contribution < -0.4 is 0 Å². The van der Waals surface area contributed by atoms with E-state index in [0.29, 0.717) is 18.1 Å². The van der Waals surface area contributed by atoms with E-state index in [9.17, 15) is 4.79 Å². The second-order valence-corrected chi connectivity index (χ2v) is 2.95. The van der Waals surface area contributed by atoms with Crippen LogP contribution in [0.2, 0.25) is 0 Å². The zero-order valence-corrected chi connectivity index (χ0v) is 8.21. The Morgan fingerprint density at radius 1 is 1.60 bits per heavy atom. The van der Waals surface area contributed by atoms with Crippen molar-refractivity contribution in [3.8, 4) is 0 Å². The summed E-state index contributed by atoms with van der Waals surface area (Å²) in [5.41, 5.74) is 0.320. The summed E-state index contributed by atoms with van der Waals surface area (Å²) in [6, 6.07) is 0. The Hall–Kier alpha value is -2.05. The molecule has 2 aromatic heterocycles. The molecule has 2 heterocycles. The highest BCUT2D eigenvalue weighted by atomic mass is 16.1. The predicted octanol–water partition coefficient (Wildman–Crippen LogP) is -0.159. The first-order chi connectivity index (χ1) is 7.31. The summed E-state index contributed by atoms with van der Waals surface area (Å²) >= 11 is 0. The molecule has 0 unspecified atom stereocenters. The number of hydrogen-bond acceptors (Lipinski definition) is 5. The van der Waals surface area contributed by atoms with Crippen molar-refractivity contribution in [3.05, 3.63) is 24.0 Å². The smallest absolute Gasteiger partial charge is 0.192 e. The third-order valence-corrected chi connectivity index (χ3v) is 2.01. The molecule has 0 fully saturated rings. The first-order valence-corrected chi connectivity index (χ1v) is 4.57. The van der Waals surface area contributed by atoms with Gasteiger partial charge in [0.05, 0.1) is 12.6 Å². The quantitative estimate of drug-likeness (QED) is 0.702. The molecule has 0 bridgehead atoms. The average molecular weight is 206 g/mol. The molecule has 7 nitrogen and oxygen atoms in total. The summed E-state index contributed by atoms with van der Waals surface area (Å²) in [6.07, 6.45) is 3.03. The van der Waals surface area contributed by atoms with Crippen LogP contribution in [0.1, 0.15) is 23.2 Å². The number of carbonyl (C=O) groups is 1. The zero-order valence-electron chi connectivity index (χ0n) is 8.21. The van der Waals surface area contributed by atoms with Crippen LogP contribution in [0.4, 0.5) is 0 Å². The van der Waals surface area contributed by atoms with Gasteiger partial charge in [-0.1, -0.05) is 0 Å². The number of H-pyrrole nitrogens is 1. The van der Waals surface area contributed by atoms with Crippen molar-refractivity contribution in [1.29, 1.82) is 0 Å². The second-order valence-electron chi connectivity index (χ2n) is 2.95. The number of nitrogens with zero attached hydrogens (tertiary/aromatic N) is 5. The normalized spacial score (nSPS) is 10.5. The number of nitrogens with one attached hydrogen (secondary N) is 1. The van der Waals surface area contributed by atoms with E-state index in [0.717, 1.165) is 0 Å². The van der Waals surface area contributed by atoms with Gasteiger partial charge < -0.3 is 0 Å². The number of aryl methyl sites for hydroxylation is 1. The van der Waals surface area contributed by atoms with E-state index >= 15 is 0 Å². The van der Waals surface area contributed by atoms with Crippen LogP contribution >= 0.6 is 0 Å². The van der Waals surface area contributed by atoms with Crippen molar-refractivity contribution < 1.29 is 4.79 Å². The zero-order chi connectivity index (χ0) is 10.7. The molecular weight excluding hydrogens is 196 g/mol. The van der Waals surface area contributed by atoms with Gasteiger partial charge in [-0.3, -0.25) is 4.79 Å². The van der Waals surface area contributed by atoms with Gasteiger partial charge in [-0.25, -0.2) is 9.67 Å². The van der Waals surface area contributed by atoms with E-state index in [1.54, 1.807) is 4.68 Å². The summed E-state index contributed by atoms with van der Waals surface area (Å²) in [7, 11) is 0. The van der Waals surface area contributed by atoms with Crippen molar-refractivity contribution in [2.45, 2.75) is 19.9 Å². The van der Waals surface area contributed by atoms with Crippen molar-refractivity contribution in [1.82, 2.24) is 30.2 Å². The number of Topliss-reactive ketones (excluding diaryl/α,β-unsaturated/α-hetero) is 1. The molecule has 0 radical (unpaired) electrons. The number of aromatic nitrogens is 6. The molecule has 0 saturated carbocycles. The molecule has 7 heteroatoms. The van der Waals surface area contributed by atoms with Gasteiger partial charge in [0.2, 0.25) is 0 Å². The minimum atomic E-state index is -0.119. The van der Waals surface area contributed by atoms with Gasteiger partial charge in [0.15, 0.2) is 5.78 Å². The summed E-state index contributed by atoms with van der Waals surface area (Å²) in [5.74, 6) is 0.525. The topological polar surface area (TPSA) is 89.4 Å². The minimum absolute atomic E-state index is 0.119. The molecule has 78 valence electrons. The molecule has 0 aliphatic rings. The molecule has 2 aromatic rings. The lowest BCUT2D eigenvalue weighted by Gasteiger charge is -1.99. The lowest BCUT2D eigenvalue weighted by Crippen LogP contribution is -2.11. The molecular formula is C8H10N6O. The minimum Gasteiger partial charge on any atom is -0.292 e. The third kappa shape index (κ3) is 1.90. The molecule has 0 aliphatic carbocycles. The van der Waals surface area contributed by atoms with Gasteiger partial charge in [0.25, 0.3) is 0 Å². The van der Waals surface area contributed by atoms with E-state index in [1.807, 2.05) is 6.92 Å². The molecule has 0 amide bonds. The van der Waals surface area contributed by atoms with Crippen molar-refractivity contribution in [3.63, 3.8) is 0 Å². The van der Waals surface area contributed by atoms with Crippen LogP contribution in [0.15, 0.2) is 12.5 Å². The standard InChI is InChI=1S/C8H10N6O/c1-2-14-8(9-5-11-14)3-7(15)6-4-10-13-12-6/h4-5H,2-3H2,1H3,(H,10,12,13). The van der Waals surface area contributed by atoms with E-state index in [1.165, 1.54) is 12.5 Å². The molecule has 0 aromatic carbocycles. The highest BCUT2D eigenvalue weighted by Gasteiger charge is 2.13. The van der Waals surface area contributed by atoms with Gasteiger partial charge in [0.1, 0.15) is 17.8 Å². The fourth-order valence-electron chi connectivity index (χ4n) is 1.26. The first-order valence-electron chi connectivity index (χ1n) is 4.57. The Kier molecular flexibility index (Phi) is 2.53. The van der Waals surface area contributed by atoms with Gasteiger partial charge in [-0.2, -0.15) is 20.5 Å². The highest BCUT2D eigenvalue weighted by molar-refractivity contribution is 5.94. The lowest BCUT2D eigenvalue weighted by molar-refractivity contribution is 0.0984. The van der Waals surface area contributed by atoms with E-state index in [-0.39, 0.29) is 12.2 Å². The Morgan fingerprint density at radius 2 is 2.47 bits per heavy atom. The van der Waals surface area contributed by atoms with Gasteiger partial charge in [0, 0.05) is 6.54 Å². The molecule has 0 atom stereocenters. The molecule has 0 aliphatic heterocycles. The maximum atomic E-state index is 11.6. The molecule has 1 N–H and O–H groups in total. The van der Waals surface area contributed by atoms with Crippen LogP contribution in [0.3, 0.4) is 0 Å². The van der Waals surface area contributed by atoms with Gasteiger partial charge in [-0.15, -0.1) is 0 Å². The monoisotopic (exact) mass is 206 g/mol. The third-order valence-electron chi connectivity index (χ3n) is 2.01. The molecule has 15 heavy (non-hydrogen) atoms. The summed E-state index contributed by atoms with van der Waals surface area (Å²) in [4.78, 5) is 15.6. The van der Waals surface area contributed by atoms with Crippen molar-refractivity contribution in [2.75, 3.05) is 0 Å². The molecule has 2 rings (SSSR count). The Bertz CT molecular complexity index is 445. The van der Waals surface area contributed by atoms with Crippen LogP contribution in [0.5, 0.6) is 0 Å². The van der Waals surface area contributed by atoms with Crippen LogP contribution in [0.25, 0.3) is 0 Å². The van der Waals surface area contributed by atoms with Crippen LogP contribution in [-0.4, -0.2) is 36.0 Å². The van der Waals surface area contributed by atoms with Crippen LogP contribution in [-0.2, 0) is 13.0 Å². The number of hydrogen-bond donors (Lipinski definition) is 1. The fraction of sp³-hybridized carbons (Fsp3) is 0.375. The van der Waals surface area contributed by atoms with Crippen molar-refractivity contribution in [2.24, 2.45) is 0 Å². The predicted molar refractivity (Wildman–Crippen MR) is 50.1 cm³/mol. The number of aromatic amines is 1. The fourth-order valence-corrected chi connectivity index (χ4v) is 1.26. The average Bonchev–Trinajstić information content (AvgIpc) is 2.87. The van der Waals surface area contributed by atoms with Crippen LogP contribution in [0, 0.1) is 0 Å². The Morgan fingerprint density at radius 3 is 3.13 bits per heavy atom. The molecule has 0 spiro atoms. The van der Waals surface area contributed by atoms with E-state index < -0.39 is 0 Å². The maximum absolute atomic E-state index is 11.6. The van der Waals surface area contributed by atoms with E-state index in [2.05, 4.69) is 25.5 Å². The summed E-state index contributed by atoms with van der Waals surface area (Å²) in [6.45, 7) is 2.64. The SMILES string of the molecule is CCn1ncnc1CC(=O)c1cn[nH]n1. The largest absolute Gasteiger partial charge is 0.292 e. The Labute approximate surface area is 85.5 Å². The maximum Gasteiger partial charge on any atom is 0.192 e. The first kappa shape index (κ1) is 9.50. The molecule has 0 saturated heterocycles. The summed E-state index contributed by atoms with van der Waals surface area (Å²) < 4.78 is 1.68. The number of rotatable bonds is 4. The van der Waals surface area contributed by atoms with Crippen molar-refractivity contribution >= 4 is 5.78 Å². The van der Waals surface area contributed by atoms with Gasteiger partial charge in [-0.05, 0) is 6.92 Å². The summed E-state index contributed by atoms with van der Waals surface area (Å²) in [5, 5.41) is 13.7. The Balaban J connectivity index is 2.13. The number of carbonyl (C=O) groups excluding carboxylic acids is 1. The number of ketones is 1.